The summed E-state index contributed by atoms with van der Waals surface area (Å²) in [6, 6.07) is 9.42. The first kappa shape index (κ1) is 23.8. The van der Waals surface area contributed by atoms with Crippen LogP contribution in [0, 0.1) is 0 Å². The van der Waals surface area contributed by atoms with Gasteiger partial charge in [-0.15, -0.1) is 0 Å². The number of amides is 1. The highest BCUT2D eigenvalue weighted by atomic mass is 32.2. The molecule has 0 aliphatic carbocycles. The van der Waals surface area contributed by atoms with Crippen LogP contribution in [-0.2, 0) is 9.84 Å². The smallest absolute Gasteiger partial charge is 0.272 e. The molecule has 3 fully saturated rings. The van der Waals surface area contributed by atoms with Crippen LogP contribution in [0.1, 0.15) is 62.5 Å². The lowest BCUT2D eigenvalue weighted by Crippen LogP contribution is -2.52. The molecule has 9 heteroatoms. The molecule has 8 nitrogen and oxygen atoms in total. The molecule has 3 aliphatic heterocycles. The number of hydrogen-bond acceptors (Lipinski definition) is 6. The summed E-state index contributed by atoms with van der Waals surface area (Å²) in [5.41, 5.74) is 1.52. The minimum atomic E-state index is -2.85. The third-order valence-corrected chi connectivity index (χ3v) is 9.83. The number of benzene rings is 1. The molecule has 5 rings (SSSR count). The minimum Gasteiger partial charge on any atom is -0.348 e. The molecule has 4 heterocycles. The van der Waals surface area contributed by atoms with Gasteiger partial charge in [-0.2, -0.15) is 5.10 Å². The van der Waals surface area contributed by atoms with Gasteiger partial charge in [0.25, 0.3) is 5.91 Å². The standard InChI is InChI=1S/C25H37N5O3S/c1-17(2)30-23-7-5-4-6-22(23)24(27-30)25(31)26-18-14-19-8-9-20(15-18)29(19)12-11-28(3)21-10-13-34(32,33)16-21/h4-7,17-21H,8-16H2,1-3H3,(H,26,31)/t18?,19-,20+,21-/m0/s1. The second-order valence-corrected chi connectivity index (χ2v) is 12.9. The fourth-order valence-corrected chi connectivity index (χ4v) is 8.05. The van der Waals surface area contributed by atoms with Crippen LogP contribution < -0.4 is 5.32 Å². The van der Waals surface area contributed by atoms with Crippen LogP contribution >= 0.6 is 0 Å². The number of para-hydroxylation sites is 1. The molecule has 1 amide bonds. The van der Waals surface area contributed by atoms with Gasteiger partial charge in [-0.1, -0.05) is 18.2 Å². The molecule has 1 aromatic heterocycles. The van der Waals surface area contributed by atoms with Crippen molar-refractivity contribution in [3.05, 3.63) is 30.0 Å². The van der Waals surface area contributed by atoms with Gasteiger partial charge < -0.3 is 10.2 Å². The van der Waals surface area contributed by atoms with Crippen molar-refractivity contribution in [1.82, 2.24) is 24.9 Å². The molecular weight excluding hydrogens is 450 g/mol. The summed E-state index contributed by atoms with van der Waals surface area (Å²) in [5.74, 6) is 0.546. The number of nitrogens with one attached hydrogen (secondary N) is 1. The van der Waals surface area contributed by atoms with Gasteiger partial charge in [-0.3, -0.25) is 14.4 Å². The molecule has 186 valence electrons. The zero-order valence-electron chi connectivity index (χ0n) is 20.5. The number of carbonyl (C=O) groups is 1. The molecule has 34 heavy (non-hydrogen) atoms. The van der Waals surface area contributed by atoms with Gasteiger partial charge in [0, 0.05) is 48.7 Å². The molecule has 2 aromatic rings. The van der Waals surface area contributed by atoms with Crippen molar-refractivity contribution >= 4 is 26.6 Å². The van der Waals surface area contributed by atoms with E-state index in [1.54, 1.807) is 0 Å². The van der Waals surface area contributed by atoms with Crippen LogP contribution in [0.25, 0.3) is 10.9 Å². The van der Waals surface area contributed by atoms with Crippen molar-refractivity contribution in [2.75, 3.05) is 31.6 Å². The Morgan fingerprint density at radius 3 is 2.53 bits per heavy atom. The maximum Gasteiger partial charge on any atom is 0.272 e. The van der Waals surface area contributed by atoms with Gasteiger partial charge in [-0.05, 0) is 59.1 Å². The van der Waals surface area contributed by atoms with Crippen LogP contribution in [0.2, 0.25) is 0 Å². The topological polar surface area (TPSA) is 87.5 Å². The highest BCUT2D eigenvalue weighted by Gasteiger charge is 2.41. The average Bonchev–Trinajstić information content (AvgIpc) is 3.43. The second-order valence-electron chi connectivity index (χ2n) is 10.7. The highest BCUT2D eigenvalue weighted by molar-refractivity contribution is 7.91. The van der Waals surface area contributed by atoms with E-state index in [-0.39, 0.29) is 24.0 Å². The van der Waals surface area contributed by atoms with Crippen LogP contribution in [-0.4, -0.2) is 89.7 Å². The Balaban J connectivity index is 1.20. The second kappa shape index (κ2) is 9.24. The Morgan fingerprint density at radius 2 is 1.88 bits per heavy atom. The third-order valence-electron chi connectivity index (χ3n) is 8.08. The van der Waals surface area contributed by atoms with Crippen molar-refractivity contribution in [3.63, 3.8) is 0 Å². The quantitative estimate of drug-likeness (QED) is 0.646. The maximum absolute atomic E-state index is 13.2. The van der Waals surface area contributed by atoms with Gasteiger partial charge in [-0.25, -0.2) is 8.42 Å². The van der Waals surface area contributed by atoms with E-state index in [4.69, 9.17) is 0 Å². The van der Waals surface area contributed by atoms with E-state index in [0.29, 0.717) is 29.3 Å². The first-order chi connectivity index (χ1) is 16.2. The van der Waals surface area contributed by atoms with Crippen LogP contribution in [0.15, 0.2) is 24.3 Å². The SMILES string of the molecule is CC(C)n1nc(C(=O)NC2C[C@H]3CC[C@@H](C2)N3CCN(C)[C@H]2CCS(=O)(=O)C2)c2ccccc21. The zero-order chi connectivity index (χ0) is 24.0. The lowest BCUT2D eigenvalue weighted by atomic mass is 9.97. The number of nitrogens with zero attached hydrogens (tertiary/aromatic N) is 4. The first-order valence-electron chi connectivity index (χ1n) is 12.7. The van der Waals surface area contributed by atoms with E-state index >= 15 is 0 Å². The molecule has 3 aliphatic rings. The summed E-state index contributed by atoms with van der Waals surface area (Å²) in [5, 5.41) is 8.87. The summed E-state index contributed by atoms with van der Waals surface area (Å²) >= 11 is 0. The number of sulfone groups is 1. The van der Waals surface area contributed by atoms with Crippen molar-refractivity contribution in [2.24, 2.45) is 0 Å². The van der Waals surface area contributed by atoms with E-state index in [2.05, 4.69) is 41.1 Å². The number of likely N-dealkylation sites (N-methyl/N-ethyl adjacent to an activating group) is 1. The number of aromatic nitrogens is 2. The Hall–Kier alpha value is -1.97. The summed E-state index contributed by atoms with van der Waals surface area (Å²) in [6.07, 6.45) is 5.02. The van der Waals surface area contributed by atoms with E-state index in [1.807, 2.05) is 28.9 Å². The van der Waals surface area contributed by atoms with Crippen molar-refractivity contribution in [3.8, 4) is 0 Å². The molecule has 1 unspecified atom stereocenters. The van der Waals surface area contributed by atoms with Crippen molar-refractivity contribution < 1.29 is 13.2 Å². The van der Waals surface area contributed by atoms with Gasteiger partial charge in [0.1, 0.15) is 0 Å². The lowest BCUT2D eigenvalue weighted by Gasteiger charge is -2.40. The van der Waals surface area contributed by atoms with Crippen LogP contribution in [0.4, 0.5) is 0 Å². The maximum atomic E-state index is 13.2. The minimum absolute atomic E-state index is 0.0735. The lowest BCUT2D eigenvalue weighted by molar-refractivity contribution is 0.0803. The van der Waals surface area contributed by atoms with Crippen LogP contribution in [0.3, 0.4) is 0 Å². The van der Waals surface area contributed by atoms with Crippen molar-refractivity contribution in [1.29, 1.82) is 0 Å². The molecule has 1 aromatic carbocycles. The summed E-state index contributed by atoms with van der Waals surface area (Å²) in [4.78, 5) is 18.1. The predicted molar refractivity (Wildman–Crippen MR) is 134 cm³/mol. The molecule has 4 atom stereocenters. The Morgan fingerprint density at radius 1 is 1.18 bits per heavy atom. The molecule has 2 bridgehead atoms. The Labute approximate surface area is 202 Å². The molecule has 0 saturated carbocycles. The number of fused-ring (bicyclic) bond motifs is 3. The first-order valence-corrected chi connectivity index (χ1v) is 14.5. The highest BCUT2D eigenvalue weighted by Crippen LogP contribution is 2.36. The normalized spacial score (nSPS) is 28.9. The zero-order valence-corrected chi connectivity index (χ0v) is 21.3. The average molecular weight is 488 g/mol. The summed E-state index contributed by atoms with van der Waals surface area (Å²) in [7, 11) is -0.797. The van der Waals surface area contributed by atoms with Gasteiger partial charge in [0.2, 0.25) is 0 Å². The van der Waals surface area contributed by atoms with E-state index in [0.717, 1.165) is 43.3 Å². The van der Waals surface area contributed by atoms with E-state index in [1.165, 1.54) is 12.8 Å². The van der Waals surface area contributed by atoms with Crippen molar-refractivity contribution in [2.45, 2.75) is 76.2 Å². The van der Waals surface area contributed by atoms with Gasteiger partial charge in [0.05, 0.1) is 17.0 Å². The largest absolute Gasteiger partial charge is 0.348 e. The molecule has 1 N–H and O–H groups in total. The van der Waals surface area contributed by atoms with Crippen LogP contribution in [0.5, 0.6) is 0 Å². The molecule has 0 spiro atoms. The summed E-state index contributed by atoms with van der Waals surface area (Å²) in [6.45, 7) is 6.02. The Bertz CT molecular complexity index is 1150. The predicted octanol–water partition coefficient (Wildman–Crippen LogP) is 2.46. The molecule has 3 saturated heterocycles. The molecular formula is C25H37N5O3S. The summed E-state index contributed by atoms with van der Waals surface area (Å²) < 4.78 is 25.6. The van der Waals surface area contributed by atoms with E-state index in [9.17, 15) is 13.2 Å². The monoisotopic (exact) mass is 487 g/mol. The fraction of sp³-hybridized carbons (Fsp3) is 0.680. The third kappa shape index (κ3) is 4.62. The number of piperidine rings is 1. The fourth-order valence-electron chi connectivity index (χ4n) is 6.24. The number of hydrogen-bond donors (Lipinski definition) is 1. The molecule has 0 radical (unpaired) electrons. The number of carbonyl (C=O) groups excluding carboxylic acids is 1. The van der Waals surface area contributed by atoms with Gasteiger partial charge >= 0.3 is 0 Å². The Kier molecular flexibility index (Phi) is 6.46. The van der Waals surface area contributed by atoms with E-state index < -0.39 is 9.84 Å². The van der Waals surface area contributed by atoms with Gasteiger partial charge in [0.15, 0.2) is 15.5 Å². The number of rotatable bonds is 7.